The Labute approximate surface area is 300 Å². The third-order valence-electron chi connectivity index (χ3n) is 11.9. The number of carbonyl (C=O) groups excluding carboxylic acids is 1. The Bertz CT molecular complexity index is 877. The summed E-state index contributed by atoms with van der Waals surface area (Å²) in [7, 11) is -1.86. The maximum atomic E-state index is 11.9. The molecule has 2 aliphatic heterocycles. The zero-order valence-electron chi connectivity index (χ0n) is 33.6. The van der Waals surface area contributed by atoms with Crippen LogP contribution >= 0.6 is 0 Å². The second kappa shape index (κ2) is 23.8. The van der Waals surface area contributed by atoms with Gasteiger partial charge in [-0.2, -0.15) is 0 Å². The fraction of sp³-hybridized carbons (Fsp3) is 0.930. The maximum Gasteiger partial charge on any atom is 0.334 e. The maximum absolute atomic E-state index is 11.9. The second-order valence-electron chi connectivity index (χ2n) is 17.7. The molecule has 2 rings (SSSR count). The minimum Gasteiger partial charge on any atom is -0.455 e. The molecule has 48 heavy (non-hydrogen) atoms. The highest BCUT2D eigenvalue weighted by Crippen LogP contribution is 2.40. The lowest BCUT2D eigenvalue weighted by Crippen LogP contribution is -2.47. The lowest BCUT2D eigenvalue weighted by molar-refractivity contribution is -0.139. The van der Waals surface area contributed by atoms with Gasteiger partial charge in [0.25, 0.3) is 0 Å². The molecule has 282 valence electrons. The van der Waals surface area contributed by atoms with E-state index in [1.165, 1.54) is 141 Å². The number of esters is 1. The first-order valence-corrected chi connectivity index (χ1v) is 24.0. The van der Waals surface area contributed by atoms with Crippen LogP contribution in [0.3, 0.4) is 0 Å². The van der Waals surface area contributed by atoms with Gasteiger partial charge in [-0.15, -0.1) is 0 Å². The van der Waals surface area contributed by atoms with Gasteiger partial charge in [0, 0.05) is 5.57 Å². The van der Waals surface area contributed by atoms with Gasteiger partial charge in [0.2, 0.25) is 0 Å². The standard InChI is InChI=1S/C43H82O4Si/c1-10-11-12-13-14-15-16-20-23-26-29-36(3)39-31-32-40(46-39)41(47-48(8,9)43(5,6)7)30-27-24-21-18-17-19-22-25-28-35(2)33-38-34-37(4)45-42(38)44/h34-37,39-41H,10-33H2,1-9H3/t35-,36?,37+,39+,40-,41-/m1/s1. The number of carbonyl (C=O) groups is 1. The monoisotopic (exact) mass is 691 g/mol. The number of rotatable bonds is 28. The molecule has 0 aromatic heterocycles. The van der Waals surface area contributed by atoms with Gasteiger partial charge in [0.1, 0.15) is 6.10 Å². The van der Waals surface area contributed by atoms with E-state index < -0.39 is 8.32 Å². The largest absolute Gasteiger partial charge is 0.455 e. The molecular formula is C43H82O4Si. The zero-order valence-corrected chi connectivity index (χ0v) is 34.6. The van der Waals surface area contributed by atoms with Crippen molar-refractivity contribution in [3.8, 4) is 0 Å². The normalized spacial score (nSPS) is 22.1. The molecule has 2 aliphatic rings. The van der Waals surface area contributed by atoms with Crippen molar-refractivity contribution in [1.82, 2.24) is 0 Å². The summed E-state index contributed by atoms with van der Waals surface area (Å²) in [5.41, 5.74) is 0.889. The van der Waals surface area contributed by atoms with Crippen LogP contribution in [0.15, 0.2) is 11.6 Å². The van der Waals surface area contributed by atoms with E-state index in [1.807, 2.05) is 13.0 Å². The molecule has 1 unspecified atom stereocenters. The molecule has 0 radical (unpaired) electrons. The predicted octanol–water partition coefficient (Wildman–Crippen LogP) is 13.7. The molecule has 0 bridgehead atoms. The molecule has 6 atom stereocenters. The average molecular weight is 691 g/mol. The Balaban J connectivity index is 1.63. The summed E-state index contributed by atoms with van der Waals surface area (Å²) in [5.74, 6) is 1.12. The molecule has 1 saturated heterocycles. The summed E-state index contributed by atoms with van der Waals surface area (Å²) in [4.78, 5) is 11.9. The fourth-order valence-electron chi connectivity index (χ4n) is 7.55. The quantitative estimate of drug-likeness (QED) is 0.0466. The second-order valence-corrected chi connectivity index (χ2v) is 22.4. The van der Waals surface area contributed by atoms with Gasteiger partial charge in [0.05, 0.1) is 18.3 Å². The number of hydrogen-bond donors (Lipinski definition) is 0. The summed E-state index contributed by atoms with van der Waals surface area (Å²) < 4.78 is 19.2. The summed E-state index contributed by atoms with van der Waals surface area (Å²) in [6.45, 7) is 20.9. The van der Waals surface area contributed by atoms with Gasteiger partial charge < -0.3 is 13.9 Å². The summed E-state index contributed by atoms with van der Waals surface area (Å²) in [5, 5.41) is 0.224. The van der Waals surface area contributed by atoms with E-state index in [1.54, 1.807) is 0 Å². The molecular weight excluding hydrogens is 609 g/mol. The highest BCUT2D eigenvalue weighted by Gasteiger charge is 2.42. The molecule has 0 aromatic carbocycles. The third-order valence-corrected chi connectivity index (χ3v) is 16.4. The van der Waals surface area contributed by atoms with Crippen molar-refractivity contribution in [2.24, 2.45) is 11.8 Å². The zero-order chi connectivity index (χ0) is 35.4. The van der Waals surface area contributed by atoms with E-state index in [2.05, 4.69) is 54.6 Å². The van der Waals surface area contributed by atoms with Crippen LogP contribution in [0.5, 0.6) is 0 Å². The van der Waals surface area contributed by atoms with Crippen LogP contribution in [0.4, 0.5) is 0 Å². The molecule has 0 spiro atoms. The highest BCUT2D eigenvalue weighted by atomic mass is 28.4. The van der Waals surface area contributed by atoms with E-state index in [0.717, 1.165) is 18.4 Å². The molecule has 2 heterocycles. The van der Waals surface area contributed by atoms with Crippen LogP contribution in [-0.2, 0) is 18.7 Å². The van der Waals surface area contributed by atoms with Crippen LogP contribution < -0.4 is 0 Å². The Kier molecular flexibility index (Phi) is 21.5. The van der Waals surface area contributed by atoms with Crippen molar-refractivity contribution in [2.45, 2.75) is 245 Å². The number of hydrogen-bond acceptors (Lipinski definition) is 4. The Morgan fingerprint density at radius 1 is 0.750 bits per heavy atom. The molecule has 5 heteroatoms. The summed E-state index contributed by atoms with van der Waals surface area (Å²) in [6, 6.07) is 0. The van der Waals surface area contributed by atoms with Gasteiger partial charge >= 0.3 is 5.97 Å². The smallest absolute Gasteiger partial charge is 0.334 e. The van der Waals surface area contributed by atoms with E-state index in [4.69, 9.17) is 13.9 Å². The third kappa shape index (κ3) is 17.5. The topological polar surface area (TPSA) is 44.8 Å². The summed E-state index contributed by atoms with van der Waals surface area (Å²) >= 11 is 0. The van der Waals surface area contributed by atoms with Crippen LogP contribution in [0.1, 0.15) is 203 Å². The predicted molar refractivity (Wildman–Crippen MR) is 209 cm³/mol. The molecule has 1 fully saturated rings. The van der Waals surface area contributed by atoms with Crippen molar-refractivity contribution in [2.75, 3.05) is 0 Å². The van der Waals surface area contributed by atoms with Crippen LogP contribution in [0.2, 0.25) is 18.1 Å². The van der Waals surface area contributed by atoms with Crippen molar-refractivity contribution < 1.29 is 18.7 Å². The molecule has 0 amide bonds. The van der Waals surface area contributed by atoms with Crippen molar-refractivity contribution in [3.63, 3.8) is 0 Å². The number of cyclic esters (lactones) is 1. The highest BCUT2D eigenvalue weighted by molar-refractivity contribution is 6.74. The van der Waals surface area contributed by atoms with Gasteiger partial charge in [-0.3, -0.25) is 0 Å². The van der Waals surface area contributed by atoms with E-state index in [-0.39, 0.29) is 29.3 Å². The minimum absolute atomic E-state index is 0.0450. The van der Waals surface area contributed by atoms with Crippen molar-refractivity contribution >= 4 is 14.3 Å². The molecule has 0 saturated carbocycles. The van der Waals surface area contributed by atoms with Crippen LogP contribution in [-0.4, -0.2) is 38.7 Å². The number of ether oxygens (including phenoxy) is 2. The van der Waals surface area contributed by atoms with E-state index in [9.17, 15) is 4.79 Å². The molecule has 0 N–H and O–H groups in total. The number of unbranched alkanes of at least 4 members (excludes halogenated alkanes) is 16. The van der Waals surface area contributed by atoms with E-state index >= 15 is 0 Å². The van der Waals surface area contributed by atoms with Crippen molar-refractivity contribution in [3.05, 3.63) is 11.6 Å². The lowest BCUT2D eigenvalue weighted by atomic mass is 9.94. The first-order chi connectivity index (χ1) is 22.8. The van der Waals surface area contributed by atoms with Crippen LogP contribution in [0.25, 0.3) is 0 Å². The van der Waals surface area contributed by atoms with Gasteiger partial charge in [0.15, 0.2) is 8.32 Å². The molecule has 0 aromatic rings. The molecule has 4 nitrogen and oxygen atoms in total. The summed E-state index contributed by atoms with van der Waals surface area (Å²) in [6.07, 6.45) is 34.4. The first kappa shape index (κ1) is 43.5. The Morgan fingerprint density at radius 3 is 1.73 bits per heavy atom. The Morgan fingerprint density at radius 2 is 1.23 bits per heavy atom. The first-order valence-electron chi connectivity index (χ1n) is 21.1. The van der Waals surface area contributed by atoms with Gasteiger partial charge in [-0.1, -0.05) is 164 Å². The Hall–Kier alpha value is -0.653. The van der Waals surface area contributed by atoms with Crippen molar-refractivity contribution in [1.29, 1.82) is 0 Å². The average Bonchev–Trinajstić information content (AvgIpc) is 3.63. The lowest BCUT2D eigenvalue weighted by Gasteiger charge is -2.41. The van der Waals surface area contributed by atoms with Crippen LogP contribution in [0, 0.1) is 11.8 Å². The van der Waals surface area contributed by atoms with Gasteiger partial charge in [-0.25, -0.2) is 4.79 Å². The molecule has 0 aliphatic carbocycles. The fourth-order valence-corrected chi connectivity index (χ4v) is 8.93. The minimum atomic E-state index is -1.86. The van der Waals surface area contributed by atoms with E-state index in [0.29, 0.717) is 17.9 Å². The van der Waals surface area contributed by atoms with Gasteiger partial charge in [-0.05, 0) is 75.1 Å². The SMILES string of the molecule is CCCCCCCCCCCCC(C)[C@@H]1CC[C@H]([C@@H](CCCCCCCCCC[C@@H](C)CC2=C[C@H](C)OC2=O)O[Si](C)(C)C(C)(C)C)O1.